The van der Waals surface area contributed by atoms with Crippen molar-refractivity contribution in [3.05, 3.63) is 47.8 Å². The Morgan fingerprint density at radius 2 is 2.00 bits per heavy atom. The third-order valence-corrected chi connectivity index (χ3v) is 2.93. The normalized spacial score (nSPS) is 10.1. The molecule has 2 aromatic rings. The number of esters is 1. The summed E-state index contributed by atoms with van der Waals surface area (Å²) in [7, 11) is 3.00. The molecule has 1 aromatic carbocycles. The summed E-state index contributed by atoms with van der Waals surface area (Å²) in [4.78, 5) is 15.8. The van der Waals surface area contributed by atoms with Crippen molar-refractivity contribution in [2.45, 2.75) is 6.92 Å². The molecule has 19 heavy (non-hydrogen) atoms. The Bertz CT molecular complexity index is 608. The maximum atomic E-state index is 11.7. The summed E-state index contributed by atoms with van der Waals surface area (Å²) >= 11 is 0. The molecule has 0 aliphatic rings. The van der Waals surface area contributed by atoms with Crippen molar-refractivity contribution in [2.75, 3.05) is 14.2 Å². The van der Waals surface area contributed by atoms with Crippen molar-refractivity contribution in [1.82, 2.24) is 4.98 Å². The van der Waals surface area contributed by atoms with Crippen LogP contribution >= 0.6 is 0 Å². The fourth-order valence-corrected chi connectivity index (χ4v) is 1.96. The number of pyridine rings is 1. The number of hydrogen-bond donors (Lipinski definition) is 0. The summed E-state index contributed by atoms with van der Waals surface area (Å²) in [6.45, 7) is 1.95. The second kappa shape index (κ2) is 5.52. The first kappa shape index (κ1) is 13.1. The zero-order chi connectivity index (χ0) is 13.8. The van der Waals surface area contributed by atoms with Gasteiger partial charge in [-0.2, -0.15) is 0 Å². The lowest BCUT2D eigenvalue weighted by Gasteiger charge is -2.10. The number of aryl methyl sites for hydroxylation is 1. The van der Waals surface area contributed by atoms with Gasteiger partial charge in [0.1, 0.15) is 5.75 Å². The number of aromatic nitrogens is 1. The van der Waals surface area contributed by atoms with E-state index in [1.807, 2.05) is 25.1 Å². The molecule has 0 radical (unpaired) electrons. The highest BCUT2D eigenvalue weighted by molar-refractivity contribution is 5.97. The minimum absolute atomic E-state index is 0.370. The van der Waals surface area contributed by atoms with Gasteiger partial charge in [0.2, 0.25) is 0 Å². The summed E-state index contributed by atoms with van der Waals surface area (Å²) in [5.74, 6) is 0.443. The van der Waals surface area contributed by atoms with Crippen LogP contribution in [0.5, 0.6) is 5.75 Å². The smallest absolute Gasteiger partial charge is 0.338 e. The monoisotopic (exact) mass is 257 g/mol. The molecule has 2 rings (SSSR count). The Morgan fingerprint density at radius 1 is 1.21 bits per heavy atom. The Balaban J connectivity index is 2.53. The van der Waals surface area contributed by atoms with Crippen LogP contribution in [0.3, 0.4) is 0 Å². The molecule has 0 fully saturated rings. The van der Waals surface area contributed by atoms with Crippen LogP contribution in [0, 0.1) is 6.92 Å². The number of hydrogen-bond acceptors (Lipinski definition) is 4. The highest BCUT2D eigenvalue weighted by Crippen LogP contribution is 2.28. The number of nitrogens with zero attached hydrogens (tertiary/aromatic N) is 1. The molecule has 0 N–H and O–H groups in total. The van der Waals surface area contributed by atoms with Gasteiger partial charge in [0.25, 0.3) is 0 Å². The SMILES string of the molecule is COC(=O)c1ccncc1-c1ccc(OC)c(C)c1. The number of carbonyl (C=O) groups excluding carboxylic acids is 1. The Hall–Kier alpha value is -2.36. The standard InChI is InChI=1S/C15H15NO3/c1-10-8-11(4-5-14(10)18-2)13-9-16-7-6-12(13)15(17)19-3/h4-9H,1-3H3. The predicted octanol–water partition coefficient (Wildman–Crippen LogP) is 2.85. The molecule has 1 heterocycles. The molecular weight excluding hydrogens is 242 g/mol. The fraction of sp³-hybridized carbons (Fsp3) is 0.200. The van der Waals surface area contributed by atoms with Crippen LogP contribution in [-0.2, 0) is 4.74 Å². The van der Waals surface area contributed by atoms with E-state index in [9.17, 15) is 4.79 Å². The third kappa shape index (κ3) is 2.57. The Kier molecular flexibility index (Phi) is 3.80. The van der Waals surface area contributed by atoms with Crippen LogP contribution in [-0.4, -0.2) is 25.2 Å². The molecule has 0 atom stereocenters. The number of methoxy groups -OCH3 is 2. The van der Waals surface area contributed by atoms with Gasteiger partial charge in [-0.15, -0.1) is 0 Å². The minimum Gasteiger partial charge on any atom is -0.496 e. The van der Waals surface area contributed by atoms with Crippen molar-refractivity contribution >= 4 is 5.97 Å². The fourth-order valence-electron chi connectivity index (χ4n) is 1.96. The molecule has 98 valence electrons. The Morgan fingerprint density at radius 3 is 2.63 bits per heavy atom. The molecule has 0 bridgehead atoms. The van der Waals surface area contributed by atoms with Gasteiger partial charge in [0.15, 0.2) is 0 Å². The van der Waals surface area contributed by atoms with E-state index in [1.165, 1.54) is 7.11 Å². The second-order valence-electron chi connectivity index (χ2n) is 4.10. The van der Waals surface area contributed by atoms with Crippen molar-refractivity contribution in [1.29, 1.82) is 0 Å². The lowest BCUT2D eigenvalue weighted by atomic mass is 10.00. The molecule has 0 saturated heterocycles. The number of carbonyl (C=O) groups is 1. The van der Waals surface area contributed by atoms with Gasteiger partial charge in [0, 0.05) is 18.0 Å². The molecule has 1 aromatic heterocycles. The van der Waals surface area contributed by atoms with Gasteiger partial charge in [-0.3, -0.25) is 4.98 Å². The molecule has 0 amide bonds. The highest BCUT2D eigenvalue weighted by atomic mass is 16.5. The van der Waals surface area contributed by atoms with Gasteiger partial charge in [0.05, 0.1) is 19.8 Å². The lowest BCUT2D eigenvalue weighted by Crippen LogP contribution is -2.04. The first-order valence-corrected chi connectivity index (χ1v) is 5.84. The van der Waals surface area contributed by atoms with Crippen LogP contribution in [0.2, 0.25) is 0 Å². The summed E-state index contributed by atoms with van der Waals surface area (Å²) in [6.07, 6.45) is 3.24. The van der Waals surface area contributed by atoms with Crippen molar-refractivity contribution in [2.24, 2.45) is 0 Å². The number of rotatable bonds is 3. The summed E-state index contributed by atoms with van der Waals surface area (Å²) in [5.41, 5.74) is 3.16. The van der Waals surface area contributed by atoms with E-state index in [4.69, 9.17) is 9.47 Å². The zero-order valence-electron chi connectivity index (χ0n) is 11.1. The van der Waals surface area contributed by atoms with Gasteiger partial charge < -0.3 is 9.47 Å². The van der Waals surface area contributed by atoms with Gasteiger partial charge >= 0.3 is 5.97 Å². The van der Waals surface area contributed by atoms with E-state index in [0.29, 0.717) is 5.56 Å². The maximum absolute atomic E-state index is 11.7. The second-order valence-corrected chi connectivity index (χ2v) is 4.10. The first-order valence-electron chi connectivity index (χ1n) is 5.84. The van der Waals surface area contributed by atoms with Crippen LogP contribution in [0.4, 0.5) is 0 Å². The molecule has 0 saturated carbocycles. The molecule has 0 spiro atoms. The largest absolute Gasteiger partial charge is 0.496 e. The molecule has 0 aliphatic heterocycles. The van der Waals surface area contributed by atoms with Crippen molar-refractivity contribution < 1.29 is 14.3 Å². The van der Waals surface area contributed by atoms with Crippen LogP contribution < -0.4 is 4.74 Å². The van der Waals surface area contributed by atoms with Gasteiger partial charge in [-0.25, -0.2) is 4.79 Å². The predicted molar refractivity (Wildman–Crippen MR) is 72.3 cm³/mol. The number of ether oxygens (including phenoxy) is 2. The van der Waals surface area contributed by atoms with E-state index in [0.717, 1.165) is 22.4 Å². The minimum atomic E-state index is -0.370. The molecule has 0 aliphatic carbocycles. The van der Waals surface area contributed by atoms with E-state index in [2.05, 4.69) is 4.98 Å². The maximum Gasteiger partial charge on any atom is 0.338 e. The molecule has 4 nitrogen and oxygen atoms in total. The van der Waals surface area contributed by atoms with E-state index in [-0.39, 0.29) is 5.97 Å². The topological polar surface area (TPSA) is 48.4 Å². The average molecular weight is 257 g/mol. The van der Waals surface area contributed by atoms with E-state index >= 15 is 0 Å². The highest BCUT2D eigenvalue weighted by Gasteiger charge is 2.13. The molecule has 0 unspecified atom stereocenters. The van der Waals surface area contributed by atoms with Crippen LogP contribution in [0.1, 0.15) is 15.9 Å². The summed E-state index contributed by atoms with van der Waals surface area (Å²) in [6, 6.07) is 7.39. The Labute approximate surface area is 112 Å². The molecule has 4 heteroatoms. The van der Waals surface area contributed by atoms with Crippen LogP contribution in [0.15, 0.2) is 36.7 Å². The first-order chi connectivity index (χ1) is 9.17. The zero-order valence-corrected chi connectivity index (χ0v) is 11.1. The van der Waals surface area contributed by atoms with E-state index < -0.39 is 0 Å². The van der Waals surface area contributed by atoms with Crippen molar-refractivity contribution in [3.8, 4) is 16.9 Å². The third-order valence-electron chi connectivity index (χ3n) is 2.93. The van der Waals surface area contributed by atoms with Gasteiger partial charge in [-0.05, 0) is 36.2 Å². The summed E-state index contributed by atoms with van der Waals surface area (Å²) < 4.78 is 10.0. The number of benzene rings is 1. The van der Waals surface area contributed by atoms with E-state index in [1.54, 1.807) is 25.6 Å². The summed E-state index contributed by atoms with van der Waals surface area (Å²) in [5, 5.41) is 0. The molecular formula is C15H15NO3. The quantitative estimate of drug-likeness (QED) is 0.793. The van der Waals surface area contributed by atoms with Crippen molar-refractivity contribution in [3.63, 3.8) is 0 Å². The van der Waals surface area contributed by atoms with Crippen LogP contribution in [0.25, 0.3) is 11.1 Å². The lowest BCUT2D eigenvalue weighted by molar-refractivity contribution is 0.0601. The average Bonchev–Trinajstić information content (AvgIpc) is 2.46. The van der Waals surface area contributed by atoms with Gasteiger partial charge in [-0.1, -0.05) is 6.07 Å².